The molecule has 4 amide bonds. The summed E-state index contributed by atoms with van der Waals surface area (Å²) >= 11 is 0. The van der Waals surface area contributed by atoms with E-state index in [-0.39, 0.29) is 105 Å². The minimum absolute atomic E-state index is 0. The third kappa shape index (κ3) is 10.7. The average Bonchev–Trinajstić information content (AvgIpc) is 4.09. The van der Waals surface area contributed by atoms with E-state index in [4.69, 9.17) is 21.2 Å². The first kappa shape index (κ1) is 49.1. The van der Waals surface area contributed by atoms with Crippen LogP contribution >= 0.6 is 0 Å². The number of phenolic OH excluding ortho intramolecular Hbond substituents is 1. The molecule has 0 atom stereocenters. The monoisotopic (exact) mass is 1090 g/mol. The number of allylic oxidation sites excluding steroid dienone is 3. The second-order valence-corrected chi connectivity index (χ2v) is 14.3. The first-order chi connectivity index (χ1) is 30.3. The van der Waals surface area contributed by atoms with Crippen LogP contribution in [-0.4, -0.2) is 90.8 Å². The number of imidazole rings is 2. The van der Waals surface area contributed by atoms with Gasteiger partial charge in [-0.05, 0) is 70.2 Å². The second-order valence-electron chi connectivity index (χ2n) is 14.3. The molecule has 65 heavy (non-hydrogen) atoms. The number of ether oxygens (including phenoxy) is 1. The summed E-state index contributed by atoms with van der Waals surface area (Å²) in [6.07, 6.45) is 11.9. The number of anilines is 3. The molecule has 21 nitrogen and oxygen atoms in total. The Hall–Kier alpha value is -6.96. The Balaban J connectivity index is 0.00000397. The van der Waals surface area contributed by atoms with Crippen molar-refractivity contribution in [2.24, 2.45) is 11.5 Å². The molecule has 7 rings (SSSR count). The molecule has 5 aromatic heterocycles. The molecule has 0 bridgehead atoms. The summed E-state index contributed by atoms with van der Waals surface area (Å²) in [5.74, 6) is -2.21. The van der Waals surface area contributed by atoms with Gasteiger partial charge < -0.3 is 45.5 Å². The summed E-state index contributed by atoms with van der Waals surface area (Å²) < 4.78 is 14.4. The largest absolute Gasteiger partial charge is 0.506 e. The maximum absolute atomic E-state index is 13.8. The molecule has 0 aliphatic heterocycles. The van der Waals surface area contributed by atoms with Gasteiger partial charge in [-0.25, -0.2) is 9.97 Å². The third-order valence-corrected chi connectivity index (χ3v) is 9.90. The fraction of sp³-hybridized carbons (Fsp3) is 0.262. The van der Waals surface area contributed by atoms with Crippen LogP contribution in [-0.2, 0) is 72.3 Å². The number of rotatable bonds is 18. The Kier molecular flexibility index (Phi) is 16.0. The van der Waals surface area contributed by atoms with Crippen LogP contribution in [0, 0.1) is 20.0 Å². The zero-order valence-electron chi connectivity index (χ0n) is 36.1. The molecule has 0 saturated heterocycles. The number of hydrogen-bond donors (Lipinski definition) is 6. The first-order valence-electron chi connectivity index (χ1n) is 19.9. The molecule has 0 fully saturated rings. The van der Waals surface area contributed by atoms with Gasteiger partial charge in [-0.15, -0.1) is 11.9 Å². The molecular weight excluding hydrogens is 1050 g/mol. The van der Waals surface area contributed by atoms with E-state index in [2.05, 4.69) is 42.4 Å². The Morgan fingerprint density at radius 3 is 1.77 bits per heavy atom. The Bertz CT molecular complexity index is 2960. The Labute approximate surface area is 398 Å². The van der Waals surface area contributed by atoms with E-state index in [0.717, 1.165) is 5.69 Å². The van der Waals surface area contributed by atoms with Crippen LogP contribution in [0.1, 0.15) is 66.9 Å². The van der Waals surface area contributed by atoms with E-state index in [1.807, 2.05) is 19.9 Å². The number of phenols is 1. The average molecular weight is 1090 g/mol. The van der Waals surface area contributed by atoms with Gasteiger partial charge in [-0.2, -0.15) is 10.2 Å². The first-order valence-corrected chi connectivity index (χ1v) is 19.9. The van der Waals surface area contributed by atoms with Gasteiger partial charge in [0.05, 0.1) is 22.4 Å². The number of nitrogens with two attached hydrogens (primary N) is 2. The second kappa shape index (κ2) is 21.1. The van der Waals surface area contributed by atoms with Crippen molar-refractivity contribution in [2.75, 3.05) is 29.6 Å². The van der Waals surface area contributed by atoms with Crippen LogP contribution in [0.25, 0.3) is 22.1 Å². The van der Waals surface area contributed by atoms with E-state index in [1.165, 1.54) is 24.3 Å². The van der Waals surface area contributed by atoms with Crippen molar-refractivity contribution in [1.82, 2.24) is 48.4 Å². The van der Waals surface area contributed by atoms with Gasteiger partial charge in [0, 0.05) is 90.5 Å². The minimum Gasteiger partial charge on any atom is -0.506 e. The maximum Gasteiger partial charge on any atom is 0.276 e. The smallest absolute Gasteiger partial charge is 0.276 e. The third-order valence-electron chi connectivity index (χ3n) is 9.90. The number of amides is 4. The summed E-state index contributed by atoms with van der Waals surface area (Å²) in [6.45, 7) is 8.92. The molecule has 0 aliphatic rings. The number of aromatic hydroxyl groups is 1. The van der Waals surface area contributed by atoms with Crippen LogP contribution in [0.2, 0.25) is 0 Å². The minimum atomic E-state index is -0.766. The van der Waals surface area contributed by atoms with Crippen LogP contribution in [0.15, 0.2) is 66.9 Å². The normalized spacial score (nSPS) is 11.3. The van der Waals surface area contributed by atoms with Crippen molar-refractivity contribution in [3.05, 3.63) is 107 Å². The number of primary amides is 2. The van der Waals surface area contributed by atoms with Gasteiger partial charge in [0.2, 0.25) is 23.7 Å². The molecule has 2 aromatic carbocycles. The van der Waals surface area contributed by atoms with E-state index in [0.29, 0.717) is 53.4 Å². The number of aryl methyl sites for hydroxylation is 4. The van der Waals surface area contributed by atoms with Crippen LogP contribution < -0.4 is 32.2 Å². The molecule has 5 heterocycles. The summed E-state index contributed by atoms with van der Waals surface area (Å²) in [5, 5.41) is 32.8. The standard InChI is InChI=1S/C42H46N15O6.V.W/c1-6-56-31(16-24(3)51-56)39(61)49-41-47-29-18-26(37(43)59)20-33(58)35(29)54(41)13-8-9-14-55-36-30(48-42(55)50-40(62)32-17-25(4)52-57(32)7-2)19-27(38(44)60)21-34(36)63-15-11-10-12-53-23-28(45-5)22-46-53;;/h8-11,16-21,23,45,58H,6-7,12-15H2,1-5H3,(H2,43,59)(H2,44,60)(H,47,49,61)(H,48,50,62);;/q-1;;/b9-8+,11-10+;;. The zero-order chi connectivity index (χ0) is 44.9. The van der Waals surface area contributed by atoms with Gasteiger partial charge in [0.15, 0.2) is 0 Å². The summed E-state index contributed by atoms with van der Waals surface area (Å²) in [7, 11) is 1.78. The van der Waals surface area contributed by atoms with Crippen molar-refractivity contribution in [1.29, 1.82) is 0 Å². The fourth-order valence-corrected chi connectivity index (χ4v) is 6.97. The number of carbonyl (C=O) groups excluding carboxylic acids is 4. The SMILES string of the molecule is CCn1nc(C)cc1C(=O)Nc1nc2cc(C(N)=O)cc(O)c2n1C/C=C/Cn1c(NC(=O)c2cc(C)nn2CC)nc2cc(C(N)=O)cc(OC/C=C/Cn3cc(NC)[c-]n3)c21.[V].[W]. The maximum atomic E-state index is 13.8. The molecule has 7 aromatic rings. The molecule has 337 valence electrons. The van der Waals surface area contributed by atoms with Gasteiger partial charge in [-0.1, -0.05) is 24.4 Å². The van der Waals surface area contributed by atoms with Gasteiger partial charge in [0.25, 0.3) is 11.8 Å². The van der Waals surface area contributed by atoms with Crippen LogP contribution in [0.4, 0.5) is 17.6 Å². The van der Waals surface area contributed by atoms with E-state index < -0.39 is 23.6 Å². The zero-order valence-corrected chi connectivity index (χ0v) is 40.4. The molecule has 8 N–H and O–H groups in total. The number of nitrogens with one attached hydrogen (secondary N) is 3. The quantitative estimate of drug-likeness (QED) is 0.0530. The van der Waals surface area contributed by atoms with Gasteiger partial charge >= 0.3 is 0 Å². The number of aromatic nitrogens is 10. The van der Waals surface area contributed by atoms with Crippen LogP contribution in [0.5, 0.6) is 11.5 Å². The molecule has 0 unspecified atom stereocenters. The molecule has 0 aliphatic carbocycles. The number of carbonyl (C=O) groups is 4. The Morgan fingerprint density at radius 2 is 1.26 bits per heavy atom. The number of benzene rings is 2. The fourth-order valence-electron chi connectivity index (χ4n) is 6.97. The van der Waals surface area contributed by atoms with E-state index in [1.54, 1.807) is 80.6 Å². The van der Waals surface area contributed by atoms with Gasteiger partial charge in [0.1, 0.15) is 40.5 Å². The number of hydrogen-bond acceptors (Lipinski definition) is 12. The van der Waals surface area contributed by atoms with Crippen molar-refractivity contribution < 1.29 is 68.6 Å². The molecular formula is C42H46N15O6VW-. The van der Waals surface area contributed by atoms with Crippen LogP contribution in [0.3, 0.4) is 0 Å². The Morgan fingerprint density at radius 1 is 0.754 bits per heavy atom. The van der Waals surface area contributed by atoms with Crippen molar-refractivity contribution in [3.8, 4) is 11.5 Å². The van der Waals surface area contributed by atoms with Crippen molar-refractivity contribution in [3.63, 3.8) is 0 Å². The van der Waals surface area contributed by atoms with Gasteiger partial charge in [-0.3, -0.25) is 39.2 Å². The molecule has 23 heteroatoms. The molecule has 1 radical (unpaired) electrons. The summed E-state index contributed by atoms with van der Waals surface area (Å²) in [4.78, 5) is 61.3. The van der Waals surface area contributed by atoms with Crippen molar-refractivity contribution in [2.45, 2.75) is 60.4 Å². The molecule has 0 spiro atoms. The summed E-state index contributed by atoms with van der Waals surface area (Å²) in [6, 6.07) is 9.02. The number of fused-ring (bicyclic) bond motifs is 2. The van der Waals surface area contributed by atoms with E-state index in [9.17, 15) is 24.3 Å². The summed E-state index contributed by atoms with van der Waals surface area (Å²) in [5.41, 5.74) is 15.4. The van der Waals surface area contributed by atoms with Crippen molar-refractivity contribution >= 4 is 63.3 Å². The predicted octanol–water partition coefficient (Wildman–Crippen LogP) is 3.77. The molecule has 0 saturated carbocycles. The predicted molar refractivity (Wildman–Crippen MR) is 234 cm³/mol. The number of nitrogens with zero attached hydrogens (tertiary/aromatic N) is 10. The topological polar surface area (TPSA) is 275 Å². The van der Waals surface area contributed by atoms with E-state index >= 15 is 0 Å².